The lowest BCUT2D eigenvalue weighted by Crippen LogP contribution is -2.49. The molecular formula is C24H31BrN2O2S. The number of carbonyl (C=O) groups excluding carboxylic acids is 2. The van der Waals surface area contributed by atoms with Gasteiger partial charge in [-0.1, -0.05) is 52.7 Å². The van der Waals surface area contributed by atoms with Gasteiger partial charge in [0.15, 0.2) is 0 Å². The number of nitrogens with one attached hydrogen (secondary N) is 1. The van der Waals surface area contributed by atoms with Crippen LogP contribution in [0.3, 0.4) is 0 Å². The summed E-state index contributed by atoms with van der Waals surface area (Å²) in [6, 6.07) is 15.7. The van der Waals surface area contributed by atoms with Crippen LogP contribution < -0.4 is 5.32 Å². The highest BCUT2D eigenvalue weighted by Crippen LogP contribution is 2.21. The van der Waals surface area contributed by atoms with Crippen molar-refractivity contribution in [3.05, 3.63) is 64.1 Å². The maximum Gasteiger partial charge on any atom is 0.242 e. The van der Waals surface area contributed by atoms with Crippen molar-refractivity contribution in [2.45, 2.75) is 64.1 Å². The average molecular weight is 491 g/mol. The first-order valence-electron chi connectivity index (χ1n) is 10.3. The number of amides is 2. The Morgan fingerprint density at radius 3 is 2.47 bits per heavy atom. The second-order valence-corrected chi connectivity index (χ2v) is 9.64. The highest BCUT2D eigenvalue weighted by Gasteiger charge is 2.26. The lowest BCUT2D eigenvalue weighted by molar-refractivity contribution is -0.140. The molecule has 1 N–H and O–H groups in total. The molecule has 0 aliphatic rings. The maximum atomic E-state index is 13.1. The van der Waals surface area contributed by atoms with Gasteiger partial charge < -0.3 is 10.2 Å². The average Bonchev–Trinajstić information content (AvgIpc) is 2.72. The number of thioether (sulfide) groups is 1. The van der Waals surface area contributed by atoms with Gasteiger partial charge in [0.05, 0.1) is 0 Å². The Hall–Kier alpha value is -1.79. The fourth-order valence-corrected chi connectivity index (χ4v) is 4.20. The van der Waals surface area contributed by atoms with E-state index in [0.29, 0.717) is 18.7 Å². The minimum atomic E-state index is -0.533. The van der Waals surface area contributed by atoms with Crippen molar-refractivity contribution in [1.82, 2.24) is 10.2 Å². The van der Waals surface area contributed by atoms with Gasteiger partial charge >= 0.3 is 0 Å². The molecule has 0 spiro atoms. The van der Waals surface area contributed by atoms with Crippen molar-refractivity contribution in [3.8, 4) is 0 Å². The minimum Gasteiger partial charge on any atom is -0.352 e. The monoisotopic (exact) mass is 490 g/mol. The molecule has 0 aliphatic heterocycles. The highest BCUT2D eigenvalue weighted by molar-refractivity contribution is 9.10. The maximum absolute atomic E-state index is 13.1. The molecule has 0 saturated heterocycles. The van der Waals surface area contributed by atoms with E-state index in [1.165, 1.54) is 5.56 Å². The number of carbonyl (C=O) groups is 2. The van der Waals surface area contributed by atoms with E-state index in [1.54, 1.807) is 23.6 Å². The molecule has 2 aromatic rings. The molecular weight excluding hydrogens is 460 g/mol. The third kappa shape index (κ3) is 7.80. The van der Waals surface area contributed by atoms with E-state index in [2.05, 4.69) is 52.4 Å². The van der Waals surface area contributed by atoms with Gasteiger partial charge in [-0.05, 0) is 57.0 Å². The molecule has 0 heterocycles. The minimum absolute atomic E-state index is 0.0126. The summed E-state index contributed by atoms with van der Waals surface area (Å²) >= 11 is 5.15. The SMILES string of the molecule is CCC(C)NC(=O)C(C)N(Cc1cccc(Br)c1)C(=O)CCSc1ccc(C)cc1. The number of benzene rings is 2. The van der Waals surface area contributed by atoms with Crippen molar-refractivity contribution in [2.24, 2.45) is 0 Å². The third-order valence-corrected chi connectivity index (χ3v) is 6.52. The third-order valence-electron chi connectivity index (χ3n) is 5.02. The molecule has 2 atom stereocenters. The molecule has 0 radical (unpaired) electrons. The van der Waals surface area contributed by atoms with E-state index in [9.17, 15) is 9.59 Å². The molecule has 162 valence electrons. The van der Waals surface area contributed by atoms with Crippen molar-refractivity contribution < 1.29 is 9.59 Å². The van der Waals surface area contributed by atoms with Crippen LogP contribution in [-0.4, -0.2) is 34.6 Å². The Bertz CT molecular complexity index is 841. The Labute approximate surface area is 192 Å². The van der Waals surface area contributed by atoms with Crippen LogP contribution in [0.25, 0.3) is 0 Å². The van der Waals surface area contributed by atoms with Gasteiger partial charge in [-0.25, -0.2) is 0 Å². The quantitative estimate of drug-likeness (QED) is 0.442. The Morgan fingerprint density at radius 2 is 1.83 bits per heavy atom. The van der Waals surface area contributed by atoms with Gasteiger partial charge in [0.25, 0.3) is 0 Å². The number of halogens is 1. The topological polar surface area (TPSA) is 49.4 Å². The van der Waals surface area contributed by atoms with Crippen molar-refractivity contribution in [2.75, 3.05) is 5.75 Å². The normalized spacial score (nSPS) is 12.8. The molecule has 0 saturated carbocycles. The second-order valence-electron chi connectivity index (χ2n) is 7.56. The molecule has 0 bridgehead atoms. The van der Waals surface area contributed by atoms with E-state index in [-0.39, 0.29) is 17.9 Å². The highest BCUT2D eigenvalue weighted by atomic mass is 79.9. The number of aryl methyl sites for hydroxylation is 1. The van der Waals surface area contributed by atoms with Crippen molar-refractivity contribution >= 4 is 39.5 Å². The predicted octanol–water partition coefficient (Wildman–Crippen LogP) is 5.57. The van der Waals surface area contributed by atoms with Gasteiger partial charge in [0.1, 0.15) is 6.04 Å². The van der Waals surface area contributed by atoms with E-state index < -0.39 is 6.04 Å². The molecule has 0 aromatic heterocycles. The van der Waals surface area contributed by atoms with Crippen LogP contribution in [-0.2, 0) is 16.1 Å². The number of rotatable bonds is 10. The van der Waals surface area contributed by atoms with Crippen LogP contribution >= 0.6 is 27.7 Å². The number of hydrogen-bond acceptors (Lipinski definition) is 3. The molecule has 2 rings (SSSR count). The number of hydrogen-bond donors (Lipinski definition) is 1. The fourth-order valence-electron chi connectivity index (χ4n) is 2.91. The molecule has 2 amide bonds. The van der Waals surface area contributed by atoms with Gasteiger partial charge in [-0.3, -0.25) is 9.59 Å². The first kappa shape index (κ1) is 24.5. The van der Waals surface area contributed by atoms with E-state index in [4.69, 9.17) is 0 Å². The van der Waals surface area contributed by atoms with Crippen molar-refractivity contribution in [3.63, 3.8) is 0 Å². The van der Waals surface area contributed by atoms with Crippen LogP contribution in [0, 0.1) is 6.92 Å². The van der Waals surface area contributed by atoms with E-state index in [0.717, 1.165) is 21.4 Å². The zero-order valence-electron chi connectivity index (χ0n) is 18.2. The summed E-state index contributed by atoms with van der Waals surface area (Å²) in [5.41, 5.74) is 2.21. The van der Waals surface area contributed by atoms with Gasteiger partial charge in [0.2, 0.25) is 11.8 Å². The Kier molecular flexibility index (Phi) is 9.92. The van der Waals surface area contributed by atoms with Crippen LogP contribution in [0.15, 0.2) is 57.9 Å². The van der Waals surface area contributed by atoms with Crippen LogP contribution in [0.2, 0.25) is 0 Å². The Balaban J connectivity index is 2.07. The van der Waals surface area contributed by atoms with Crippen LogP contribution in [0.4, 0.5) is 0 Å². The zero-order chi connectivity index (χ0) is 22.1. The predicted molar refractivity (Wildman–Crippen MR) is 129 cm³/mol. The van der Waals surface area contributed by atoms with E-state index in [1.807, 2.05) is 38.1 Å². The van der Waals surface area contributed by atoms with Gasteiger partial charge in [-0.2, -0.15) is 0 Å². The largest absolute Gasteiger partial charge is 0.352 e. The summed E-state index contributed by atoms with van der Waals surface area (Å²) < 4.78 is 0.957. The molecule has 4 nitrogen and oxygen atoms in total. The van der Waals surface area contributed by atoms with Crippen LogP contribution in [0.1, 0.15) is 44.7 Å². The summed E-state index contributed by atoms with van der Waals surface area (Å²) in [6.45, 7) is 8.28. The second kappa shape index (κ2) is 12.2. The van der Waals surface area contributed by atoms with E-state index >= 15 is 0 Å². The summed E-state index contributed by atoms with van der Waals surface area (Å²) in [5, 5.41) is 3.00. The Morgan fingerprint density at radius 1 is 1.13 bits per heavy atom. The molecule has 2 unspecified atom stereocenters. The smallest absolute Gasteiger partial charge is 0.242 e. The standard InChI is InChI=1S/C24H31BrN2O2S/c1-5-18(3)26-24(29)19(4)27(16-20-7-6-8-21(25)15-20)23(28)13-14-30-22-11-9-17(2)10-12-22/h6-12,15,18-19H,5,13-14,16H2,1-4H3,(H,26,29). The molecule has 30 heavy (non-hydrogen) atoms. The lowest BCUT2D eigenvalue weighted by atomic mass is 10.1. The first-order valence-corrected chi connectivity index (χ1v) is 12.1. The van der Waals surface area contributed by atoms with Gasteiger partial charge in [-0.15, -0.1) is 11.8 Å². The summed E-state index contributed by atoms with van der Waals surface area (Å²) in [7, 11) is 0. The fraction of sp³-hybridized carbons (Fsp3) is 0.417. The van der Waals surface area contributed by atoms with Crippen molar-refractivity contribution in [1.29, 1.82) is 0 Å². The molecule has 6 heteroatoms. The summed E-state index contributed by atoms with van der Waals surface area (Å²) in [4.78, 5) is 28.7. The number of nitrogens with zero attached hydrogens (tertiary/aromatic N) is 1. The zero-order valence-corrected chi connectivity index (χ0v) is 20.6. The molecule has 2 aromatic carbocycles. The van der Waals surface area contributed by atoms with Gasteiger partial charge in [0, 0.05) is 34.1 Å². The molecule has 0 aliphatic carbocycles. The van der Waals surface area contributed by atoms with Crippen LogP contribution in [0.5, 0.6) is 0 Å². The summed E-state index contributed by atoms with van der Waals surface area (Å²) in [6.07, 6.45) is 1.23. The first-order chi connectivity index (χ1) is 14.3. The molecule has 0 fully saturated rings. The summed E-state index contributed by atoms with van der Waals surface area (Å²) in [5.74, 6) is 0.552. The lowest BCUT2D eigenvalue weighted by Gasteiger charge is -2.29.